The molecule has 0 spiro atoms. The molecule has 0 aromatic carbocycles. The van der Waals surface area contributed by atoms with Crippen LogP contribution in [0.25, 0.3) is 0 Å². The molecule has 6 heteroatoms. The van der Waals surface area contributed by atoms with E-state index in [2.05, 4.69) is 16.3 Å². The van der Waals surface area contributed by atoms with Crippen LogP contribution in [0.1, 0.15) is 0 Å². The van der Waals surface area contributed by atoms with Crippen molar-refractivity contribution in [3.8, 4) is 0 Å². The van der Waals surface area contributed by atoms with E-state index in [4.69, 9.17) is 4.89 Å². The van der Waals surface area contributed by atoms with Gasteiger partial charge in [-0.05, 0) is 18.1 Å². The van der Waals surface area contributed by atoms with Gasteiger partial charge in [0.25, 0.3) is 0 Å². The molecular formula is C2H9O2PS2Se. The van der Waals surface area contributed by atoms with Gasteiger partial charge in [0.05, 0.1) is 0 Å². The first kappa shape index (κ1) is 12.1. The van der Waals surface area contributed by atoms with Gasteiger partial charge in [-0.1, -0.05) is 11.4 Å². The first-order valence-corrected chi connectivity index (χ1v) is 6.07. The molecule has 0 aromatic rings. The Balaban J connectivity index is 0. The monoisotopic (exact) mass is 240 g/mol. The zero-order chi connectivity index (χ0) is 5.91. The molecule has 0 radical (unpaired) electrons. The summed E-state index contributed by atoms with van der Waals surface area (Å²) in [7, 11) is 1.41. The molecule has 2 nitrogen and oxygen atoms in total. The van der Waals surface area contributed by atoms with E-state index in [1.54, 1.807) is 6.26 Å². The fourth-order valence-corrected chi connectivity index (χ4v) is 0.671. The summed E-state index contributed by atoms with van der Waals surface area (Å²) < 4.78 is 4.53. The minimum absolute atomic E-state index is 0. The van der Waals surface area contributed by atoms with Crippen LogP contribution in [0.5, 0.6) is 0 Å². The molecule has 0 aliphatic heterocycles. The molecule has 0 fully saturated rings. The Morgan fingerprint density at radius 3 is 2.12 bits per heavy atom. The van der Waals surface area contributed by atoms with Gasteiger partial charge in [-0.25, -0.2) is 0 Å². The van der Waals surface area contributed by atoms with Crippen LogP contribution in [-0.4, -0.2) is 35.3 Å². The van der Waals surface area contributed by atoms with Crippen molar-refractivity contribution in [2.75, 3.05) is 13.4 Å². The van der Waals surface area contributed by atoms with Crippen LogP contribution < -0.4 is 0 Å². The standard InChI is InChI=1S/C2H7O2PS2.H2Se/c1-4-5(3,6)7-2;/h1-2H3,(H,3,6);1H2. The number of hydrogen-bond acceptors (Lipinski definition) is 3. The molecule has 0 bridgehead atoms. The van der Waals surface area contributed by atoms with Gasteiger partial charge in [-0.3, -0.25) is 0 Å². The maximum absolute atomic E-state index is 8.80. The molecule has 1 N–H and O–H groups in total. The SMILES string of the molecule is COP(O)(=S)SC.[SeH2]. The predicted octanol–water partition coefficient (Wildman–Crippen LogP) is 0.296. The maximum atomic E-state index is 8.80. The van der Waals surface area contributed by atoms with E-state index in [-0.39, 0.29) is 17.1 Å². The first-order chi connectivity index (χ1) is 3.12. The fourth-order valence-electron chi connectivity index (χ4n) is 0.0745. The number of hydrogen-bond donors (Lipinski definition) is 1. The summed E-state index contributed by atoms with van der Waals surface area (Å²) in [6.07, 6.45) is 1.73. The summed E-state index contributed by atoms with van der Waals surface area (Å²) in [5.74, 6) is 0. The first-order valence-electron chi connectivity index (χ1n) is 1.56. The Labute approximate surface area is 68.8 Å². The molecule has 0 aliphatic carbocycles. The summed E-state index contributed by atoms with van der Waals surface area (Å²) in [6, 6.07) is 0. The predicted molar refractivity (Wildman–Crippen MR) is 45.6 cm³/mol. The van der Waals surface area contributed by atoms with Gasteiger partial charge in [-0.2, -0.15) is 0 Å². The Morgan fingerprint density at radius 1 is 1.75 bits per heavy atom. The van der Waals surface area contributed by atoms with E-state index in [0.717, 1.165) is 0 Å². The van der Waals surface area contributed by atoms with Gasteiger partial charge in [0.2, 0.25) is 5.69 Å². The molecule has 1 unspecified atom stereocenters. The third-order valence-corrected chi connectivity index (χ3v) is 5.00. The second kappa shape index (κ2) is 5.24. The summed E-state index contributed by atoms with van der Waals surface area (Å²) in [6.45, 7) is 0. The molecule has 0 saturated heterocycles. The van der Waals surface area contributed by atoms with Crippen molar-refractivity contribution in [1.82, 2.24) is 0 Å². The molecule has 0 aromatic heterocycles. The van der Waals surface area contributed by atoms with E-state index >= 15 is 0 Å². The zero-order valence-electron chi connectivity index (χ0n) is 4.62. The Hall–Kier alpha value is 1.44. The molecule has 52 valence electrons. The third kappa shape index (κ3) is 5.57. The molecule has 1 atom stereocenters. The normalized spacial score (nSPS) is 16.4. The van der Waals surface area contributed by atoms with E-state index in [1.165, 1.54) is 18.5 Å². The molecule has 0 aliphatic rings. The van der Waals surface area contributed by atoms with E-state index < -0.39 is 5.69 Å². The van der Waals surface area contributed by atoms with Crippen molar-refractivity contribution >= 4 is 46.0 Å². The average Bonchev–Trinajstić information content (AvgIpc) is 1.68. The van der Waals surface area contributed by atoms with Crippen LogP contribution in [0.4, 0.5) is 0 Å². The van der Waals surface area contributed by atoms with Gasteiger partial charge in [-0.15, -0.1) is 0 Å². The Bertz CT molecular complexity index is 90.0. The van der Waals surface area contributed by atoms with Crippen molar-refractivity contribution in [3.63, 3.8) is 0 Å². The third-order valence-electron chi connectivity index (χ3n) is 0.461. The van der Waals surface area contributed by atoms with Crippen LogP contribution >= 0.6 is 17.1 Å². The number of rotatable bonds is 2. The minimum atomic E-state index is -2.40. The second-order valence-corrected chi connectivity index (χ2v) is 7.26. The van der Waals surface area contributed by atoms with Gasteiger partial charge in [0.15, 0.2) is 0 Å². The van der Waals surface area contributed by atoms with Crippen LogP contribution in [-0.2, 0) is 16.3 Å². The second-order valence-electron chi connectivity index (χ2n) is 0.834. The summed E-state index contributed by atoms with van der Waals surface area (Å²) in [4.78, 5) is 8.80. The van der Waals surface area contributed by atoms with Gasteiger partial charge in [0.1, 0.15) is 0 Å². The van der Waals surface area contributed by atoms with E-state index in [1.807, 2.05) is 0 Å². The molecule has 0 heterocycles. The van der Waals surface area contributed by atoms with Crippen LogP contribution in [0.3, 0.4) is 0 Å². The zero-order valence-corrected chi connectivity index (χ0v) is 9.24. The molecule has 0 saturated carbocycles. The van der Waals surface area contributed by atoms with Gasteiger partial charge < -0.3 is 9.42 Å². The molecular weight excluding hydrogens is 230 g/mol. The van der Waals surface area contributed by atoms with Crippen molar-refractivity contribution in [2.24, 2.45) is 0 Å². The van der Waals surface area contributed by atoms with Crippen molar-refractivity contribution < 1.29 is 9.42 Å². The fraction of sp³-hybridized carbons (Fsp3) is 1.00. The Morgan fingerprint density at radius 2 is 2.12 bits per heavy atom. The summed E-state index contributed by atoms with van der Waals surface area (Å²) >= 11 is 5.74. The van der Waals surface area contributed by atoms with Crippen LogP contribution in [0.15, 0.2) is 0 Å². The molecule has 0 rings (SSSR count). The van der Waals surface area contributed by atoms with Crippen molar-refractivity contribution in [1.29, 1.82) is 0 Å². The summed E-state index contributed by atoms with van der Waals surface area (Å²) in [5.41, 5.74) is -2.40. The molecule has 8 heavy (non-hydrogen) atoms. The Kier molecular flexibility index (Phi) is 7.96. The summed E-state index contributed by atoms with van der Waals surface area (Å²) in [5, 5.41) is 0. The molecule has 0 amide bonds. The van der Waals surface area contributed by atoms with Gasteiger partial charge >= 0.3 is 17.1 Å². The van der Waals surface area contributed by atoms with Gasteiger partial charge in [0, 0.05) is 7.11 Å². The van der Waals surface area contributed by atoms with Crippen LogP contribution in [0, 0.1) is 0 Å². The van der Waals surface area contributed by atoms with Crippen LogP contribution in [0.2, 0.25) is 0 Å². The van der Waals surface area contributed by atoms with Crippen molar-refractivity contribution in [2.45, 2.75) is 0 Å². The van der Waals surface area contributed by atoms with E-state index in [9.17, 15) is 0 Å². The average molecular weight is 239 g/mol. The van der Waals surface area contributed by atoms with E-state index in [0.29, 0.717) is 0 Å². The topological polar surface area (TPSA) is 29.5 Å². The quantitative estimate of drug-likeness (QED) is 0.554. The van der Waals surface area contributed by atoms with Crippen molar-refractivity contribution in [3.05, 3.63) is 0 Å².